The van der Waals surface area contributed by atoms with Crippen LogP contribution in [0.4, 0.5) is 5.69 Å². The minimum atomic E-state index is -0.983. The van der Waals surface area contributed by atoms with Crippen LogP contribution in [-0.4, -0.2) is 21.9 Å². The molecule has 0 aliphatic heterocycles. The maximum Gasteiger partial charge on any atom is 0.335 e. The number of nitrogen functional groups attached to an aromatic ring is 1. The zero-order valence-electron chi connectivity index (χ0n) is 22.1. The van der Waals surface area contributed by atoms with Crippen molar-refractivity contribution in [2.75, 3.05) is 5.73 Å². The van der Waals surface area contributed by atoms with Gasteiger partial charge in [0.1, 0.15) is 0 Å². The first-order valence-electron chi connectivity index (χ1n) is 12.4. The molecule has 37 heavy (non-hydrogen) atoms. The average Bonchev–Trinajstić information content (AvgIpc) is 3.19. The van der Waals surface area contributed by atoms with Gasteiger partial charge in [0.25, 0.3) is 0 Å². The Bertz CT molecular complexity index is 1490. The van der Waals surface area contributed by atoms with E-state index in [1.807, 2.05) is 50.2 Å². The highest BCUT2D eigenvalue weighted by molar-refractivity contribution is 6.04. The molecule has 0 aliphatic rings. The van der Waals surface area contributed by atoms with Crippen molar-refractivity contribution in [3.63, 3.8) is 0 Å². The number of carbonyl (C=O) groups is 1. The van der Waals surface area contributed by atoms with Crippen molar-refractivity contribution in [1.29, 1.82) is 10.7 Å². The molecular weight excluding hydrogens is 460 g/mol. The van der Waals surface area contributed by atoms with Gasteiger partial charge in [0.05, 0.1) is 11.6 Å². The summed E-state index contributed by atoms with van der Waals surface area (Å²) >= 11 is 0. The fourth-order valence-electron chi connectivity index (χ4n) is 4.73. The van der Waals surface area contributed by atoms with Crippen molar-refractivity contribution in [2.45, 2.75) is 53.0 Å². The lowest BCUT2D eigenvalue weighted by molar-refractivity contribution is 0.0697. The van der Waals surface area contributed by atoms with E-state index in [4.69, 9.17) is 11.1 Å². The van der Waals surface area contributed by atoms with Gasteiger partial charge < -0.3 is 20.8 Å². The first-order valence-corrected chi connectivity index (χ1v) is 12.4. The summed E-state index contributed by atoms with van der Waals surface area (Å²) in [7, 11) is 0. The summed E-state index contributed by atoms with van der Waals surface area (Å²) < 4.78 is 2.22. The van der Waals surface area contributed by atoms with Gasteiger partial charge in [-0.2, -0.15) is 5.26 Å². The summed E-state index contributed by atoms with van der Waals surface area (Å²) in [6, 6.07) is 21.2. The van der Waals surface area contributed by atoms with Crippen LogP contribution in [0.2, 0.25) is 0 Å². The zero-order valence-corrected chi connectivity index (χ0v) is 22.1. The number of aromatic carboxylic acids is 1. The molecule has 4 N–H and O–H groups in total. The third-order valence-corrected chi connectivity index (χ3v) is 6.60. The molecule has 3 aromatic carbocycles. The molecule has 0 amide bonds. The number of nitriles is 1. The summed E-state index contributed by atoms with van der Waals surface area (Å²) in [6.45, 7) is 10.8. The van der Waals surface area contributed by atoms with E-state index in [1.54, 1.807) is 12.1 Å². The molecule has 4 aromatic rings. The van der Waals surface area contributed by atoms with Crippen LogP contribution >= 0.6 is 0 Å². The Kier molecular flexibility index (Phi) is 8.19. The summed E-state index contributed by atoms with van der Waals surface area (Å²) in [5, 5.41) is 27.8. The van der Waals surface area contributed by atoms with Crippen LogP contribution in [0.1, 0.15) is 66.9 Å². The van der Waals surface area contributed by atoms with Crippen molar-refractivity contribution >= 4 is 28.8 Å². The van der Waals surface area contributed by atoms with E-state index in [0.717, 1.165) is 38.9 Å². The summed E-state index contributed by atoms with van der Waals surface area (Å²) in [5.74, 6) is -0.983. The van der Waals surface area contributed by atoms with Gasteiger partial charge in [-0.05, 0) is 47.9 Å². The third kappa shape index (κ3) is 5.26. The summed E-state index contributed by atoms with van der Waals surface area (Å²) in [5.41, 5.74) is 13.1. The third-order valence-electron chi connectivity index (χ3n) is 6.60. The van der Waals surface area contributed by atoms with Gasteiger partial charge in [-0.1, -0.05) is 64.1 Å². The largest absolute Gasteiger partial charge is 0.478 e. The molecule has 0 spiro atoms. The Morgan fingerprint density at radius 3 is 2.35 bits per heavy atom. The molecule has 0 radical (unpaired) electrons. The van der Waals surface area contributed by atoms with Crippen LogP contribution in [0.25, 0.3) is 22.0 Å². The molecule has 6 nitrogen and oxygen atoms in total. The van der Waals surface area contributed by atoms with Crippen molar-refractivity contribution in [2.24, 2.45) is 0 Å². The Hall–Kier alpha value is -4.37. The maximum absolute atomic E-state index is 11.4. The molecule has 6 heteroatoms. The molecule has 0 bridgehead atoms. The molecule has 1 aromatic heterocycles. The predicted molar refractivity (Wildman–Crippen MR) is 152 cm³/mol. The Labute approximate surface area is 218 Å². The van der Waals surface area contributed by atoms with Crippen molar-refractivity contribution in [3.8, 4) is 17.2 Å². The topological polar surface area (TPSA) is 116 Å². The van der Waals surface area contributed by atoms with Gasteiger partial charge in [-0.15, -0.1) is 0 Å². The second-order valence-corrected chi connectivity index (χ2v) is 9.48. The zero-order chi connectivity index (χ0) is 27.3. The van der Waals surface area contributed by atoms with Crippen molar-refractivity contribution < 1.29 is 9.90 Å². The number of hydrogen-bond donors (Lipinski definition) is 3. The Morgan fingerprint density at radius 2 is 1.78 bits per heavy atom. The molecule has 0 unspecified atom stereocenters. The number of aryl methyl sites for hydroxylation is 1. The number of benzene rings is 3. The van der Waals surface area contributed by atoms with E-state index in [9.17, 15) is 15.2 Å². The lowest BCUT2D eigenvalue weighted by Gasteiger charge is -2.27. The van der Waals surface area contributed by atoms with E-state index >= 15 is 0 Å². The van der Waals surface area contributed by atoms with Gasteiger partial charge in [0.2, 0.25) is 0 Å². The quantitative estimate of drug-likeness (QED) is 0.187. The molecule has 1 heterocycles. The Morgan fingerprint density at radius 1 is 1.14 bits per heavy atom. The van der Waals surface area contributed by atoms with Crippen LogP contribution in [0, 0.1) is 23.7 Å². The fraction of sp³-hybridized carbons (Fsp3) is 0.258. The second kappa shape index (κ2) is 11.1. The first kappa shape index (κ1) is 27.2. The normalized spacial score (nSPS) is 10.9. The highest BCUT2D eigenvalue weighted by atomic mass is 16.4. The monoisotopic (exact) mass is 494 g/mol. The van der Waals surface area contributed by atoms with Crippen LogP contribution in [0.15, 0.2) is 60.7 Å². The van der Waals surface area contributed by atoms with Gasteiger partial charge in [0, 0.05) is 58.0 Å². The number of fused-ring (bicyclic) bond motifs is 1. The SMILES string of the molecule is CC.Cc1ccccc1Cn1c(C(C)(C)CC#N)c(-c2ccc(C(=O)O)cc2)c2cc(N)c(C=N)cc21. The van der Waals surface area contributed by atoms with Crippen LogP contribution in [0.5, 0.6) is 0 Å². The number of hydrogen-bond acceptors (Lipinski definition) is 4. The number of carboxylic acids is 1. The average molecular weight is 495 g/mol. The molecule has 0 saturated heterocycles. The van der Waals surface area contributed by atoms with E-state index in [2.05, 4.69) is 43.5 Å². The molecule has 0 saturated carbocycles. The highest BCUT2D eigenvalue weighted by Crippen LogP contribution is 2.44. The Balaban J connectivity index is 0.00000186. The molecule has 0 aliphatic carbocycles. The minimum absolute atomic E-state index is 0.209. The molecule has 0 fully saturated rings. The van der Waals surface area contributed by atoms with Gasteiger partial charge in [-0.3, -0.25) is 0 Å². The standard InChI is InChI=1S/C29H28N4O2.C2H6/c1-18-6-4-5-7-21(18)17-33-25-14-22(16-31)24(32)15-23(25)26(27(33)29(2,3)12-13-30)19-8-10-20(11-9-19)28(34)35;1-2/h4-11,14-16,31H,12,17,32H2,1-3H3,(H,34,35);1-2H3. The lowest BCUT2D eigenvalue weighted by Crippen LogP contribution is -2.23. The molecule has 190 valence electrons. The smallest absolute Gasteiger partial charge is 0.335 e. The number of nitrogens with zero attached hydrogens (tertiary/aromatic N) is 2. The number of nitrogens with one attached hydrogen (secondary N) is 1. The van der Waals surface area contributed by atoms with Crippen LogP contribution in [-0.2, 0) is 12.0 Å². The van der Waals surface area contributed by atoms with E-state index in [-0.39, 0.29) is 5.56 Å². The van der Waals surface area contributed by atoms with E-state index < -0.39 is 11.4 Å². The molecular formula is C31H34N4O2. The van der Waals surface area contributed by atoms with E-state index in [0.29, 0.717) is 24.2 Å². The summed E-state index contributed by atoms with van der Waals surface area (Å²) in [6.07, 6.45) is 1.55. The number of rotatable bonds is 7. The van der Waals surface area contributed by atoms with E-state index in [1.165, 1.54) is 6.21 Å². The van der Waals surface area contributed by atoms with Gasteiger partial charge in [0.15, 0.2) is 0 Å². The van der Waals surface area contributed by atoms with Crippen LogP contribution in [0.3, 0.4) is 0 Å². The molecule has 0 atom stereocenters. The predicted octanol–water partition coefficient (Wildman–Crippen LogP) is 7.16. The summed E-state index contributed by atoms with van der Waals surface area (Å²) in [4.78, 5) is 11.4. The van der Waals surface area contributed by atoms with Crippen molar-refractivity contribution in [1.82, 2.24) is 4.57 Å². The van der Waals surface area contributed by atoms with Crippen molar-refractivity contribution in [3.05, 3.63) is 88.6 Å². The van der Waals surface area contributed by atoms with Gasteiger partial charge >= 0.3 is 5.97 Å². The second-order valence-electron chi connectivity index (χ2n) is 9.48. The van der Waals surface area contributed by atoms with Gasteiger partial charge in [-0.25, -0.2) is 4.79 Å². The molecule has 4 rings (SSSR count). The number of nitrogens with two attached hydrogens (primary N) is 1. The minimum Gasteiger partial charge on any atom is -0.478 e. The highest BCUT2D eigenvalue weighted by Gasteiger charge is 2.32. The fourth-order valence-corrected chi connectivity index (χ4v) is 4.73. The maximum atomic E-state index is 11.4. The number of carboxylic acid groups (broad SMARTS) is 1. The number of aromatic nitrogens is 1. The first-order chi connectivity index (χ1) is 17.7. The lowest BCUT2D eigenvalue weighted by atomic mass is 9.81. The number of anilines is 1. The van der Waals surface area contributed by atoms with Crippen LogP contribution < -0.4 is 5.73 Å².